The molecule has 7 heteroatoms. The van der Waals surface area contributed by atoms with Crippen LogP contribution in [0.5, 0.6) is 0 Å². The number of hydrogen-bond acceptors (Lipinski definition) is 6. The molecule has 0 saturated carbocycles. The van der Waals surface area contributed by atoms with E-state index < -0.39 is 0 Å². The van der Waals surface area contributed by atoms with E-state index in [-0.39, 0.29) is 12.1 Å². The Kier molecular flexibility index (Phi) is 3.47. The van der Waals surface area contributed by atoms with E-state index in [4.69, 9.17) is 10.6 Å². The van der Waals surface area contributed by atoms with Gasteiger partial charge in [-0.3, -0.25) is 11.3 Å². The van der Waals surface area contributed by atoms with Gasteiger partial charge in [0.05, 0.1) is 25.3 Å². The van der Waals surface area contributed by atoms with E-state index in [2.05, 4.69) is 27.8 Å². The molecule has 1 aliphatic rings. The van der Waals surface area contributed by atoms with Gasteiger partial charge < -0.3 is 4.74 Å². The van der Waals surface area contributed by atoms with Crippen LogP contribution in [-0.4, -0.2) is 38.5 Å². The third-order valence-corrected chi connectivity index (χ3v) is 2.88. The van der Waals surface area contributed by atoms with E-state index in [1.54, 1.807) is 7.05 Å². The van der Waals surface area contributed by atoms with E-state index >= 15 is 0 Å². The highest BCUT2D eigenvalue weighted by atomic mass is 16.5. The SMILES string of the molecule is CC1CCC(C(Cc2nnn(C)n2)NN)O1. The monoisotopic (exact) mass is 226 g/mol. The summed E-state index contributed by atoms with van der Waals surface area (Å²) in [6.07, 6.45) is 3.20. The van der Waals surface area contributed by atoms with Crippen LogP contribution in [0.1, 0.15) is 25.6 Å². The standard InChI is InChI=1S/C9H18N6O/c1-6-3-4-8(16-6)7(11-10)5-9-12-14-15(2)13-9/h6-8,11H,3-5,10H2,1-2H3. The van der Waals surface area contributed by atoms with Crippen LogP contribution in [0.2, 0.25) is 0 Å². The minimum absolute atomic E-state index is 0.0501. The predicted octanol–water partition coefficient (Wildman–Crippen LogP) is -0.848. The fourth-order valence-corrected chi connectivity index (χ4v) is 2.03. The Morgan fingerprint density at radius 2 is 2.44 bits per heavy atom. The molecule has 1 aromatic heterocycles. The lowest BCUT2D eigenvalue weighted by Crippen LogP contribution is -2.45. The first-order chi connectivity index (χ1) is 7.69. The number of rotatable bonds is 4. The van der Waals surface area contributed by atoms with Crippen molar-refractivity contribution < 1.29 is 4.74 Å². The van der Waals surface area contributed by atoms with Gasteiger partial charge in [0, 0.05) is 6.42 Å². The summed E-state index contributed by atoms with van der Waals surface area (Å²) >= 11 is 0. The fourth-order valence-electron chi connectivity index (χ4n) is 2.03. The van der Waals surface area contributed by atoms with Crippen LogP contribution < -0.4 is 11.3 Å². The van der Waals surface area contributed by atoms with Gasteiger partial charge in [-0.15, -0.1) is 10.2 Å². The van der Waals surface area contributed by atoms with Crippen molar-refractivity contribution in [2.24, 2.45) is 12.9 Å². The lowest BCUT2D eigenvalue weighted by atomic mass is 10.0. The highest BCUT2D eigenvalue weighted by Crippen LogP contribution is 2.22. The zero-order chi connectivity index (χ0) is 11.5. The Morgan fingerprint density at radius 1 is 1.62 bits per heavy atom. The average molecular weight is 226 g/mol. The van der Waals surface area contributed by atoms with Crippen molar-refractivity contribution in [2.75, 3.05) is 0 Å². The van der Waals surface area contributed by atoms with Crippen molar-refractivity contribution in [3.05, 3.63) is 5.82 Å². The second-order valence-corrected chi connectivity index (χ2v) is 4.23. The van der Waals surface area contributed by atoms with Crippen LogP contribution >= 0.6 is 0 Å². The first-order valence-electron chi connectivity index (χ1n) is 5.53. The van der Waals surface area contributed by atoms with Gasteiger partial charge >= 0.3 is 0 Å². The quantitative estimate of drug-likeness (QED) is 0.513. The number of nitrogens with zero attached hydrogens (tertiary/aromatic N) is 4. The zero-order valence-electron chi connectivity index (χ0n) is 9.63. The highest BCUT2D eigenvalue weighted by Gasteiger charge is 2.29. The molecule has 3 N–H and O–H groups in total. The summed E-state index contributed by atoms with van der Waals surface area (Å²) in [5, 5.41) is 11.9. The van der Waals surface area contributed by atoms with Crippen LogP contribution in [0.25, 0.3) is 0 Å². The molecule has 1 saturated heterocycles. The molecule has 1 aromatic rings. The van der Waals surface area contributed by atoms with Crippen LogP contribution in [0, 0.1) is 0 Å². The lowest BCUT2D eigenvalue weighted by molar-refractivity contribution is 0.0316. The number of ether oxygens (including phenoxy) is 1. The van der Waals surface area contributed by atoms with Crippen molar-refractivity contribution >= 4 is 0 Å². The number of nitrogens with one attached hydrogen (secondary N) is 1. The maximum atomic E-state index is 5.77. The topological polar surface area (TPSA) is 90.9 Å². The third-order valence-electron chi connectivity index (χ3n) is 2.88. The van der Waals surface area contributed by atoms with Crippen molar-refractivity contribution in [1.29, 1.82) is 0 Å². The molecule has 2 rings (SSSR count). The molecule has 0 radical (unpaired) electrons. The summed E-state index contributed by atoms with van der Waals surface area (Å²) < 4.78 is 5.77. The fraction of sp³-hybridized carbons (Fsp3) is 0.889. The smallest absolute Gasteiger partial charge is 0.176 e. The predicted molar refractivity (Wildman–Crippen MR) is 57.2 cm³/mol. The molecule has 0 amide bonds. The molecule has 2 heterocycles. The molecule has 0 spiro atoms. The van der Waals surface area contributed by atoms with Gasteiger partial charge in [0.15, 0.2) is 5.82 Å². The molecule has 0 bridgehead atoms. The van der Waals surface area contributed by atoms with Gasteiger partial charge in [-0.2, -0.15) is 4.80 Å². The summed E-state index contributed by atoms with van der Waals surface area (Å²) in [5.41, 5.74) is 2.78. The normalized spacial score (nSPS) is 27.2. The highest BCUT2D eigenvalue weighted by molar-refractivity contribution is 4.90. The largest absolute Gasteiger partial charge is 0.374 e. The molecule has 1 aliphatic heterocycles. The first kappa shape index (κ1) is 11.4. The molecular formula is C9H18N6O. The average Bonchev–Trinajstić information content (AvgIpc) is 2.84. The third kappa shape index (κ3) is 2.55. The molecular weight excluding hydrogens is 208 g/mol. The molecule has 0 aromatic carbocycles. The summed E-state index contributed by atoms with van der Waals surface area (Å²) in [5.74, 6) is 6.23. The van der Waals surface area contributed by atoms with Gasteiger partial charge in [0.25, 0.3) is 0 Å². The number of tetrazole rings is 1. The van der Waals surface area contributed by atoms with E-state index in [9.17, 15) is 0 Å². The molecule has 7 nitrogen and oxygen atoms in total. The summed E-state index contributed by atoms with van der Waals surface area (Å²) in [6.45, 7) is 2.08. The molecule has 3 unspecified atom stereocenters. The Morgan fingerprint density at radius 3 is 2.94 bits per heavy atom. The van der Waals surface area contributed by atoms with Crippen LogP contribution in [0.15, 0.2) is 0 Å². The van der Waals surface area contributed by atoms with Gasteiger partial charge in [0.1, 0.15) is 0 Å². The molecule has 16 heavy (non-hydrogen) atoms. The number of hydrazine groups is 1. The minimum atomic E-state index is 0.0501. The van der Waals surface area contributed by atoms with E-state index in [0.717, 1.165) is 12.8 Å². The minimum Gasteiger partial charge on any atom is -0.374 e. The van der Waals surface area contributed by atoms with Gasteiger partial charge in [0.2, 0.25) is 0 Å². The Hall–Kier alpha value is -1.05. The summed E-state index contributed by atoms with van der Waals surface area (Å²) in [4.78, 5) is 1.45. The molecule has 0 aliphatic carbocycles. The molecule has 3 atom stereocenters. The number of nitrogens with two attached hydrogens (primary N) is 1. The first-order valence-corrected chi connectivity index (χ1v) is 5.53. The molecule has 90 valence electrons. The number of aryl methyl sites for hydroxylation is 1. The van der Waals surface area contributed by atoms with E-state index in [0.29, 0.717) is 18.3 Å². The Bertz CT molecular complexity index is 340. The summed E-state index contributed by atoms with van der Waals surface area (Å²) in [6, 6.07) is 0.0501. The van der Waals surface area contributed by atoms with Crippen molar-refractivity contribution in [2.45, 2.75) is 44.4 Å². The summed E-state index contributed by atoms with van der Waals surface area (Å²) in [7, 11) is 1.75. The van der Waals surface area contributed by atoms with E-state index in [1.165, 1.54) is 4.80 Å². The van der Waals surface area contributed by atoms with Crippen molar-refractivity contribution in [3.63, 3.8) is 0 Å². The van der Waals surface area contributed by atoms with Crippen molar-refractivity contribution in [3.8, 4) is 0 Å². The van der Waals surface area contributed by atoms with Gasteiger partial charge in [-0.25, -0.2) is 0 Å². The van der Waals surface area contributed by atoms with Gasteiger partial charge in [-0.1, -0.05) is 0 Å². The van der Waals surface area contributed by atoms with E-state index in [1.807, 2.05) is 0 Å². The Labute approximate surface area is 94.3 Å². The van der Waals surface area contributed by atoms with Gasteiger partial charge in [-0.05, 0) is 25.0 Å². The Balaban J connectivity index is 1.95. The van der Waals surface area contributed by atoms with Crippen LogP contribution in [0.3, 0.4) is 0 Å². The van der Waals surface area contributed by atoms with Crippen molar-refractivity contribution in [1.82, 2.24) is 25.6 Å². The lowest BCUT2D eigenvalue weighted by Gasteiger charge is -2.21. The van der Waals surface area contributed by atoms with Crippen LogP contribution in [0.4, 0.5) is 0 Å². The number of hydrogen-bond donors (Lipinski definition) is 2. The van der Waals surface area contributed by atoms with Crippen LogP contribution in [-0.2, 0) is 18.2 Å². The number of aromatic nitrogens is 4. The maximum Gasteiger partial charge on any atom is 0.176 e. The zero-order valence-corrected chi connectivity index (χ0v) is 9.63. The second-order valence-electron chi connectivity index (χ2n) is 4.23. The maximum absolute atomic E-state index is 5.77. The second kappa shape index (κ2) is 4.86. The molecule has 1 fully saturated rings.